The van der Waals surface area contributed by atoms with Crippen LogP contribution in [0.5, 0.6) is 11.5 Å². The lowest BCUT2D eigenvalue weighted by atomic mass is 10.0. The van der Waals surface area contributed by atoms with Crippen LogP contribution < -0.4 is 27.2 Å². The summed E-state index contributed by atoms with van der Waals surface area (Å²) in [5.41, 5.74) is 1.47. The Hall–Kier alpha value is -1.79. The Morgan fingerprint density at radius 1 is 1.17 bits per heavy atom. The van der Waals surface area contributed by atoms with Gasteiger partial charge in [-0.1, -0.05) is 30.3 Å². The maximum Gasteiger partial charge on any atom is 0.168 e. The van der Waals surface area contributed by atoms with E-state index in [4.69, 9.17) is 21.1 Å². The fourth-order valence-electron chi connectivity index (χ4n) is 2.90. The maximum absolute atomic E-state index is 12.5. The summed E-state index contributed by atoms with van der Waals surface area (Å²) in [5.74, 6) is 1.71. The van der Waals surface area contributed by atoms with Gasteiger partial charge in [-0.2, -0.15) is 0 Å². The molecule has 0 saturated carbocycles. The van der Waals surface area contributed by atoms with Gasteiger partial charge in [-0.15, -0.1) is 11.6 Å². The monoisotopic (exact) mass is 441 g/mol. The molecule has 0 heterocycles. The summed E-state index contributed by atoms with van der Waals surface area (Å²) in [6, 6.07) is 14.7. The number of carbonyl (C=O) groups excluding carboxylic acids is 1. The van der Waals surface area contributed by atoms with Crippen LogP contribution in [0.2, 0.25) is 0 Å². The molecule has 2 rings (SSSR count). The molecule has 2 unspecified atom stereocenters. The molecule has 0 aliphatic carbocycles. The molecular weight excluding hydrogens is 413 g/mol. The zero-order valence-electron chi connectivity index (χ0n) is 16.8. The van der Waals surface area contributed by atoms with Gasteiger partial charge in [0, 0.05) is 11.4 Å². The molecule has 3 N–H and O–H groups in total. The minimum Gasteiger partial charge on any atom is -1.00 e. The third kappa shape index (κ3) is 7.86. The number of hydrogen-bond acceptors (Lipinski definition) is 4. The number of ether oxygens (including phenoxy) is 2. The minimum absolute atomic E-state index is 0. The Kier molecular flexibility index (Phi) is 11.7. The molecular formula is C22H29Cl2NO4. The van der Waals surface area contributed by atoms with Gasteiger partial charge in [0.1, 0.15) is 12.1 Å². The average Bonchev–Trinajstić information content (AvgIpc) is 2.73. The number of aliphatic hydroxyl groups is 1. The Bertz CT molecular complexity index is 743. The van der Waals surface area contributed by atoms with Gasteiger partial charge in [-0.25, -0.2) is 0 Å². The standard InChI is InChI=1S/C22H28ClNO4.ClH/c1-16(22(26)17-7-4-3-5-8-17)24-13-11-19(25)18-9-10-20(21(15-18)27-2)28-14-6-12-23;/h3-5,7-10,15-16,22,24,26H,6,11-14H2,1-2H3;1H. The van der Waals surface area contributed by atoms with Crippen molar-refractivity contribution in [3.8, 4) is 11.5 Å². The van der Waals surface area contributed by atoms with E-state index in [0.717, 1.165) is 12.0 Å². The van der Waals surface area contributed by atoms with Gasteiger partial charge in [0.05, 0.1) is 26.7 Å². The third-order valence-corrected chi connectivity index (χ3v) is 4.84. The first-order valence-electron chi connectivity index (χ1n) is 9.53. The highest BCUT2D eigenvalue weighted by Crippen LogP contribution is 2.28. The van der Waals surface area contributed by atoms with Crippen LogP contribution in [0.25, 0.3) is 0 Å². The van der Waals surface area contributed by atoms with Crippen molar-refractivity contribution in [3.63, 3.8) is 0 Å². The number of carbonyl (C=O) groups is 1. The van der Waals surface area contributed by atoms with Gasteiger partial charge in [0.15, 0.2) is 17.3 Å². The Morgan fingerprint density at radius 3 is 2.55 bits per heavy atom. The molecule has 2 atom stereocenters. The lowest BCUT2D eigenvalue weighted by molar-refractivity contribution is -0.693. The molecule has 0 aromatic heterocycles. The van der Waals surface area contributed by atoms with Gasteiger partial charge < -0.3 is 32.3 Å². The van der Waals surface area contributed by atoms with E-state index in [-0.39, 0.29) is 24.2 Å². The van der Waals surface area contributed by atoms with E-state index in [0.29, 0.717) is 42.5 Å². The fraction of sp³-hybridized carbons (Fsp3) is 0.409. The summed E-state index contributed by atoms with van der Waals surface area (Å²) in [7, 11) is 1.55. The smallest absolute Gasteiger partial charge is 0.168 e. The molecule has 0 radical (unpaired) electrons. The first-order chi connectivity index (χ1) is 13.6. The number of ketones is 1. The van der Waals surface area contributed by atoms with E-state index in [2.05, 4.69) is 0 Å². The average molecular weight is 442 g/mol. The molecule has 7 heteroatoms. The number of rotatable bonds is 12. The highest BCUT2D eigenvalue weighted by Gasteiger charge is 2.19. The van der Waals surface area contributed by atoms with Crippen LogP contribution in [0.15, 0.2) is 48.5 Å². The van der Waals surface area contributed by atoms with E-state index in [1.54, 1.807) is 25.3 Å². The normalized spacial score (nSPS) is 12.6. The van der Waals surface area contributed by atoms with E-state index >= 15 is 0 Å². The number of nitrogens with two attached hydrogens (primary N) is 1. The van der Waals surface area contributed by atoms with E-state index < -0.39 is 6.10 Å². The predicted molar refractivity (Wildman–Crippen MR) is 110 cm³/mol. The van der Waals surface area contributed by atoms with Crippen LogP contribution in [-0.2, 0) is 0 Å². The zero-order chi connectivity index (χ0) is 20.4. The summed E-state index contributed by atoms with van der Waals surface area (Å²) in [6.45, 7) is 3.06. The van der Waals surface area contributed by atoms with Crippen LogP contribution >= 0.6 is 11.6 Å². The molecule has 2 aromatic rings. The van der Waals surface area contributed by atoms with Crippen molar-refractivity contribution in [2.75, 3.05) is 26.1 Å². The first-order valence-corrected chi connectivity index (χ1v) is 10.1. The van der Waals surface area contributed by atoms with Crippen LogP contribution in [-0.4, -0.2) is 43.1 Å². The van der Waals surface area contributed by atoms with Gasteiger partial charge in [-0.3, -0.25) is 4.79 Å². The van der Waals surface area contributed by atoms with Gasteiger partial charge in [0.2, 0.25) is 0 Å². The largest absolute Gasteiger partial charge is 1.00 e. The van der Waals surface area contributed by atoms with Gasteiger partial charge in [-0.05, 0) is 37.1 Å². The highest BCUT2D eigenvalue weighted by atomic mass is 35.5. The van der Waals surface area contributed by atoms with Crippen LogP contribution in [0, 0.1) is 0 Å². The van der Waals surface area contributed by atoms with E-state index in [1.165, 1.54) is 0 Å². The summed E-state index contributed by atoms with van der Waals surface area (Å²) < 4.78 is 11.0. The topological polar surface area (TPSA) is 72.4 Å². The number of quaternary nitrogens is 1. The zero-order valence-corrected chi connectivity index (χ0v) is 18.3. The number of methoxy groups -OCH3 is 1. The number of benzene rings is 2. The number of halogens is 2. The van der Waals surface area contributed by atoms with E-state index in [1.807, 2.05) is 42.6 Å². The molecule has 0 aliphatic rings. The van der Waals surface area contributed by atoms with Crippen molar-refractivity contribution in [1.29, 1.82) is 0 Å². The van der Waals surface area contributed by atoms with Gasteiger partial charge >= 0.3 is 0 Å². The molecule has 0 aliphatic heterocycles. The van der Waals surface area contributed by atoms with Crippen LogP contribution in [0.3, 0.4) is 0 Å². The summed E-state index contributed by atoms with van der Waals surface area (Å²) >= 11 is 5.66. The van der Waals surface area contributed by atoms with Crippen molar-refractivity contribution >= 4 is 17.4 Å². The SMILES string of the molecule is COc1cc(C(=O)CC[NH2+]C(C)C(O)c2ccccc2)ccc1OCCCCl.[Cl-]. The Balaban J connectivity index is 0.00000420. The second-order valence-electron chi connectivity index (χ2n) is 6.67. The summed E-state index contributed by atoms with van der Waals surface area (Å²) in [4.78, 5) is 12.5. The number of Topliss-reactive ketones (excluding diaryl/α,β-unsaturated/α-hetero) is 1. The first kappa shape index (κ1) is 25.2. The molecule has 0 bridgehead atoms. The number of alkyl halides is 1. The number of hydrogen-bond donors (Lipinski definition) is 2. The quantitative estimate of drug-likeness (QED) is 0.275. The summed E-state index contributed by atoms with van der Waals surface area (Å²) in [5, 5.41) is 12.4. The summed E-state index contributed by atoms with van der Waals surface area (Å²) in [6.07, 6.45) is 0.552. The van der Waals surface area contributed by atoms with Crippen LogP contribution in [0.4, 0.5) is 0 Å². The molecule has 160 valence electrons. The molecule has 2 aromatic carbocycles. The molecule has 0 fully saturated rings. The fourth-order valence-corrected chi connectivity index (χ4v) is 3.01. The Morgan fingerprint density at radius 2 is 1.90 bits per heavy atom. The van der Waals surface area contributed by atoms with Crippen molar-refractivity contribution in [2.45, 2.75) is 31.9 Å². The predicted octanol–water partition coefficient (Wildman–Crippen LogP) is -0.0348. The van der Waals surface area contributed by atoms with Crippen molar-refractivity contribution < 1.29 is 37.1 Å². The molecule has 0 saturated heterocycles. The molecule has 0 spiro atoms. The lowest BCUT2D eigenvalue weighted by Crippen LogP contribution is -3.00. The van der Waals surface area contributed by atoms with Gasteiger partial charge in [0.25, 0.3) is 0 Å². The third-order valence-electron chi connectivity index (χ3n) is 4.57. The molecule has 29 heavy (non-hydrogen) atoms. The van der Waals surface area contributed by atoms with E-state index in [9.17, 15) is 9.90 Å². The molecule has 0 amide bonds. The van der Waals surface area contributed by atoms with Crippen molar-refractivity contribution in [3.05, 3.63) is 59.7 Å². The number of aliphatic hydroxyl groups excluding tert-OH is 1. The highest BCUT2D eigenvalue weighted by molar-refractivity contribution is 6.17. The van der Waals surface area contributed by atoms with Crippen molar-refractivity contribution in [2.24, 2.45) is 0 Å². The minimum atomic E-state index is -0.569. The second kappa shape index (κ2) is 13.4. The second-order valence-corrected chi connectivity index (χ2v) is 7.05. The maximum atomic E-state index is 12.5. The lowest BCUT2D eigenvalue weighted by Gasteiger charge is -2.17. The van der Waals surface area contributed by atoms with Crippen molar-refractivity contribution in [1.82, 2.24) is 0 Å². The molecule has 5 nitrogen and oxygen atoms in total. The van der Waals surface area contributed by atoms with Crippen LogP contribution in [0.1, 0.15) is 41.8 Å². The Labute approximate surface area is 183 Å².